The van der Waals surface area contributed by atoms with E-state index in [9.17, 15) is 5.11 Å². The Labute approximate surface area is 110 Å². The normalized spacial score (nSPS) is 18.9. The monoisotopic (exact) mass is 248 g/mol. The molecule has 1 aliphatic heterocycles. The number of aliphatic hydroxyl groups is 1. The third-order valence-electron chi connectivity index (χ3n) is 3.85. The molecule has 1 aliphatic rings. The highest BCUT2D eigenvalue weighted by molar-refractivity contribution is 5.46. The summed E-state index contributed by atoms with van der Waals surface area (Å²) < 4.78 is 0. The summed E-state index contributed by atoms with van der Waals surface area (Å²) in [5, 5.41) is 9.25. The van der Waals surface area contributed by atoms with Gasteiger partial charge in [-0.1, -0.05) is 25.1 Å². The molecule has 0 aromatic heterocycles. The third kappa shape index (κ3) is 3.47. The molecular weight excluding hydrogens is 224 g/mol. The van der Waals surface area contributed by atoms with Gasteiger partial charge in [-0.2, -0.15) is 0 Å². The number of nitrogens with zero attached hydrogens (tertiary/aromatic N) is 2. The molecule has 1 heterocycles. The van der Waals surface area contributed by atoms with Gasteiger partial charge in [-0.25, -0.2) is 0 Å². The molecule has 1 N–H and O–H groups in total. The van der Waals surface area contributed by atoms with E-state index in [1.54, 1.807) is 0 Å². The van der Waals surface area contributed by atoms with Crippen molar-refractivity contribution in [3.8, 4) is 0 Å². The number of hydrogen-bond donors (Lipinski definition) is 1. The van der Waals surface area contributed by atoms with Gasteiger partial charge >= 0.3 is 0 Å². The van der Waals surface area contributed by atoms with Crippen LogP contribution in [-0.2, 0) is 0 Å². The molecule has 0 radical (unpaired) electrons. The maximum absolute atomic E-state index is 9.25. The molecule has 2 rings (SSSR count). The van der Waals surface area contributed by atoms with Crippen LogP contribution in [0.4, 0.5) is 5.69 Å². The van der Waals surface area contributed by atoms with E-state index in [-0.39, 0.29) is 0 Å². The zero-order valence-corrected chi connectivity index (χ0v) is 11.3. The Morgan fingerprint density at radius 3 is 2.33 bits per heavy atom. The Morgan fingerprint density at radius 1 is 1.11 bits per heavy atom. The highest BCUT2D eigenvalue weighted by Gasteiger charge is 2.19. The van der Waals surface area contributed by atoms with Crippen molar-refractivity contribution in [3.63, 3.8) is 0 Å². The minimum absolute atomic E-state index is 0.315. The number of aliphatic hydroxyl groups excluding tert-OH is 1. The van der Waals surface area contributed by atoms with E-state index in [0.29, 0.717) is 12.5 Å². The van der Waals surface area contributed by atoms with Crippen LogP contribution in [0.1, 0.15) is 13.3 Å². The van der Waals surface area contributed by atoms with E-state index < -0.39 is 0 Å². The first-order chi connectivity index (χ1) is 8.83. The van der Waals surface area contributed by atoms with Crippen molar-refractivity contribution in [2.24, 2.45) is 5.92 Å². The number of rotatable bonds is 5. The molecule has 1 aromatic carbocycles. The minimum Gasteiger partial charge on any atom is -0.396 e. The summed E-state index contributed by atoms with van der Waals surface area (Å²) in [7, 11) is 0. The summed E-state index contributed by atoms with van der Waals surface area (Å²) in [6, 6.07) is 10.6. The zero-order chi connectivity index (χ0) is 12.8. The summed E-state index contributed by atoms with van der Waals surface area (Å²) in [4.78, 5) is 4.92. The van der Waals surface area contributed by atoms with Gasteiger partial charge in [-0.3, -0.25) is 4.90 Å². The lowest BCUT2D eigenvalue weighted by molar-refractivity contribution is 0.155. The fraction of sp³-hybridized carbons (Fsp3) is 0.600. The molecule has 0 unspecified atom stereocenters. The fourth-order valence-corrected chi connectivity index (χ4v) is 2.51. The summed E-state index contributed by atoms with van der Waals surface area (Å²) >= 11 is 0. The highest BCUT2D eigenvalue weighted by atomic mass is 16.3. The van der Waals surface area contributed by atoms with Crippen LogP contribution in [-0.4, -0.2) is 49.3 Å². The summed E-state index contributed by atoms with van der Waals surface area (Å²) in [6.45, 7) is 7.89. The first kappa shape index (κ1) is 13.4. The van der Waals surface area contributed by atoms with Crippen molar-refractivity contribution < 1.29 is 5.11 Å². The maximum atomic E-state index is 9.25. The van der Waals surface area contributed by atoms with Crippen molar-refractivity contribution in [1.29, 1.82) is 0 Å². The van der Waals surface area contributed by atoms with E-state index in [0.717, 1.165) is 39.1 Å². The van der Waals surface area contributed by atoms with Crippen LogP contribution in [0.5, 0.6) is 0 Å². The Bertz CT molecular complexity index is 330. The number of piperazine rings is 1. The summed E-state index contributed by atoms with van der Waals surface area (Å²) in [5.41, 5.74) is 1.33. The van der Waals surface area contributed by atoms with Crippen LogP contribution < -0.4 is 4.90 Å². The predicted octanol–water partition coefficient (Wildman–Crippen LogP) is 1.83. The van der Waals surface area contributed by atoms with Gasteiger partial charge in [-0.05, 0) is 24.5 Å². The summed E-state index contributed by atoms with van der Waals surface area (Å²) in [5.74, 6) is 0.438. The number of anilines is 1. The number of benzene rings is 1. The van der Waals surface area contributed by atoms with Gasteiger partial charge in [0, 0.05) is 45.0 Å². The zero-order valence-electron chi connectivity index (χ0n) is 11.3. The molecule has 3 nitrogen and oxygen atoms in total. The second-order valence-electron chi connectivity index (χ2n) is 5.08. The van der Waals surface area contributed by atoms with Gasteiger partial charge in [-0.15, -0.1) is 0 Å². The lowest BCUT2D eigenvalue weighted by Crippen LogP contribution is -2.48. The Morgan fingerprint density at radius 2 is 1.78 bits per heavy atom. The highest BCUT2D eigenvalue weighted by Crippen LogP contribution is 2.16. The molecule has 0 saturated carbocycles. The molecule has 1 fully saturated rings. The molecule has 0 aliphatic carbocycles. The standard InChI is InChI=1S/C15H24N2O/c1-2-14(13-18)12-16-8-10-17(11-9-16)15-6-4-3-5-7-15/h3-7,14,18H,2,8-13H2,1H3/t14-/m1/s1. The number of para-hydroxylation sites is 1. The average molecular weight is 248 g/mol. The van der Waals surface area contributed by atoms with Crippen LogP contribution in [0.15, 0.2) is 30.3 Å². The lowest BCUT2D eigenvalue weighted by atomic mass is 10.1. The van der Waals surface area contributed by atoms with Crippen molar-refractivity contribution in [2.45, 2.75) is 13.3 Å². The van der Waals surface area contributed by atoms with Gasteiger partial charge in [0.15, 0.2) is 0 Å². The second kappa shape index (κ2) is 6.76. The van der Waals surface area contributed by atoms with E-state index in [1.807, 2.05) is 0 Å². The quantitative estimate of drug-likeness (QED) is 0.861. The van der Waals surface area contributed by atoms with Gasteiger partial charge in [0.1, 0.15) is 0 Å². The topological polar surface area (TPSA) is 26.7 Å². The smallest absolute Gasteiger partial charge is 0.0471 e. The Hall–Kier alpha value is -1.06. The summed E-state index contributed by atoms with van der Waals surface area (Å²) in [6.07, 6.45) is 1.06. The average Bonchev–Trinajstić information content (AvgIpc) is 2.46. The lowest BCUT2D eigenvalue weighted by Gasteiger charge is -2.37. The van der Waals surface area contributed by atoms with Crippen molar-refractivity contribution >= 4 is 5.69 Å². The first-order valence-electron chi connectivity index (χ1n) is 6.96. The molecule has 3 heteroatoms. The van der Waals surface area contributed by atoms with Crippen molar-refractivity contribution in [1.82, 2.24) is 4.90 Å². The molecule has 18 heavy (non-hydrogen) atoms. The molecule has 1 atom stereocenters. The van der Waals surface area contributed by atoms with E-state index in [4.69, 9.17) is 0 Å². The molecule has 0 spiro atoms. The minimum atomic E-state index is 0.315. The SMILES string of the molecule is CC[C@@H](CO)CN1CCN(c2ccccc2)CC1. The fourth-order valence-electron chi connectivity index (χ4n) is 2.51. The second-order valence-corrected chi connectivity index (χ2v) is 5.08. The molecule has 1 saturated heterocycles. The molecule has 1 aromatic rings. The van der Waals surface area contributed by atoms with Crippen LogP contribution in [0.2, 0.25) is 0 Å². The third-order valence-corrected chi connectivity index (χ3v) is 3.85. The molecule has 0 bridgehead atoms. The maximum Gasteiger partial charge on any atom is 0.0471 e. The molecule has 0 amide bonds. The predicted molar refractivity (Wildman–Crippen MR) is 76.0 cm³/mol. The number of hydrogen-bond acceptors (Lipinski definition) is 3. The largest absolute Gasteiger partial charge is 0.396 e. The van der Waals surface area contributed by atoms with Crippen LogP contribution in [0, 0.1) is 5.92 Å². The van der Waals surface area contributed by atoms with E-state index in [2.05, 4.69) is 47.1 Å². The van der Waals surface area contributed by atoms with Crippen LogP contribution in [0.3, 0.4) is 0 Å². The van der Waals surface area contributed by atoms with Crippen LogP contribution >= 0.6 is 0 Å². The Balaban J connectivity index is 1.81. The van der Waals surface area contributed by atoms with Gasteiger partial charge in [0.25, 0.3) is 0 Å². The van der Waals surface area contributed by atoms with Gasteiger partial charge in [0.05, 0.1) is 0 Å². The van der Waals surface area contributed by atoms with E-state index in [1.165, 1.54) is 5.69 Å². The molecular formula is C15H24N2O. The Kier molecular flexibility index (Phi) is 5.02. The van der Waals surface area contributed by atoms with Gasteiger partial charge in [0.2, 0.25) is 0 Å². The van der Waals surface area contributed by atoms with Gasteiger partial charge < -0.3 is 10.0 Å². The van der Waals surface area contributed by atoms with E-state index >= 15 is 0 Å². The molecule has 100 valence electrons. The van der Waals surface area contributed by atoms with Crippen molar-refractivity contribution in [2.75, 3.05) is 44.2 Å². The van der Waals surface area contributed by atoms with Crippen molar-refractivity contribution in [3.05, 3.63) is 30.3 Å². The first-order valence-corrected chi connectivity index (χ1v) is 6.96. The van der Waals surface area contributed by atoms with Crippen LogP contribution in [0.25, 0.3) is 0 Å².